The van der Waals surface area contributed by atoms with Crippen molar-refractivity contribution in [3.8, 4) is 23.0 Å². The van der Waals surface area contributed by atoms with E-state index in [2.05, 4.69) is 37.0 Å². The Morgan fingerprint density at radius 1 is 0.815 bits per heavy atom. The summed E-state index contributed by atoms with van der Waals surface area (Å²) in [4.78, 5) is 31.7. The first-order valence-electron chi connectivity index (χ1n) is 20.5. The quantitative estimate of drug-likeness (QED) is 0.0552. The molecule has 4 atom stereocenters. The molecule has 1 aliphatic heterocycles. The molecule has 13 nitrogen and oxygen atoms in total. The predicted octanol–water partition coefficient (Wildman–Crippen LogP) is 10.5. The Labute approximate surface area is 397 Å². The second-order valence-electron chi connectivity index (χ2n) is 14.7. The first kappa shape index (κ1) is 54.1. The number of nitrogens with zero attached hydrogens (tertiary/aromatic N) is 4. The molecular formula is C48H54Cl2N5O8PS. The molecule has 0 aliphatic carbocycles. The fourth-order valence-corrected chi connectivity index (χ4v) is 6.83. The number of nitrogens with one attached hydrogen (secondary N) is 1. The van der Waals surface area contributed by atoms with Gasteiger partial charge in [0.1, 0.15) is 11.5 Å². The molecule has 2 heterocycles. The lowest BCUT2D eigenvalue weighted by Gasteiger charge is -2.21. The topological polar surface area (TPSA) is 162 Å². The summed E-state index contributed by atoms with van der Waals surface area (Å²) in [5.74, 6) is 0.281. The SMILES string of the molecule is C1CCOC1.CP=S.[C-]#[N+]c1ccc(C[C@@H](C(=O)NCC(=O)c2ccc(OC)cc2)[C@H](C)O)c(C)c1Cl.[C-]#[N+]c1ccc(C[C@@H](c2nnc(-c3ccc(OC)cc3)o2)[C@H](C)O)c(C)c1Cl. The molecule has 17 heteroatoms. The zero-order valence-corrected chi connectivity index (χ0v) is 40.7. The van der Waals surface area contributed by atoms with Crippen molar-refractivity contribution < 1.29 is 38.4 Å². The van der Waals surface area contributed by atoms with Crippen molar-refractivity contribution in [1.82, 2.24) is 15.5 Å². The lowest BCUT2D eigenvalue weighted by molar-refractivity contribution is -0.127. The molecule has 0 unspecified atom stereocenters. The normalized spacial score (nSPS) is 13.4. The van der Waals surface area contributed by atoms with Crippen LogP contribution >= 0.6 is 30.6 Å². The fourth-order valence-electron chi connectivity index (χ4n) is 6.38. The van der Waals surface area contributed by atoms with Crippen LogP contribution in [0.4, 0.5) is 11.4 Å². The molecule has 1 aliphatic rings. The molecule has 1 fully saturated rings. The molecule has 0 saturated carbocycles. The van der Waals surface area contributed by atoms with E-state index < -0.39 is 30.0 Å². The van der Waals surface area contributed by atoms with Crippen molar-refractivity contribution in [2.75, 3.05) is 40.6 Å². The standard InChI is InChI=1S/C22H23ClN2O4.C21H20ClN3O3.C4H8O.CH3PS/c1-13-16(7-10-19(24-3)21(13)23)11-18(14(2)26)22(28)25-12-20(27)15-5-8-17(29-4)9-6-15;1-12-15(7-10-18(23-3)19(12)22)11-17(13(2)26)21-25-24-20(28-21)14-5-8-16(27-4)9-6-14;1-2-4-5-3-1;1-2-3/h5-10,14,18,26H,11-12H2,1-2,4H3,(H,25,28);5-10,13,17,26H,11H2,1-2,4H3;1-4H2;1H3/t14-,18+;13-,17+;;/m00../s1. The van der Waals surface area contributed by atoms with Crippen molar-refractivity contribution in [2.45, 2.75) is 71.5 Å². The van der Waals surface area contributed by atoms with Crippen LogP contribution in [0.5, 0.6) is 11.5 Å². The van der Waals surface area contributed by atoms with Crippen LogP contribution in [0.15, 0.2) is 77.2 Å². The largest absolute Gasteiger partial charge is 0.497 e. The van der Waals surface area contributed by atoms with E-state index in [9.17, 15) is 19.8 Å². The number of Topliss-reactive ketones (excluding diaryl/α,β-unsaturated/α-hetero) is 1. The number of carbonyl (C=O) groups is 2. The summed E-state index contributed by atoms with van der Waals surface area (Å²) in [6.07, 6.45) is 1.63. The molecule has 1 aromatic heterocycles. The summed E-state index contributed by atoms with van der Waals surface area (Å²) in [6, 6.07) is 20.8. The summed E-state index contributed by atoms with van der Waals surface area (Å²) < 4.78 is 21.0. The number of aliphatic hydroxyl groups excluding tert-OH is 2. The Balaban J connectivity index is 0.000000295. The molecule has 0 spiro atoms. The van der Waals surface area contributed by atoms with Gasteiger partial charge < -0.3 is 34.2 Å². The van der Waals surface area contributed by atoms with Crippen LogP contribution in [0.2, 0.25) is 10.0 Å². The Kier molecular flexibility index (Phi) is 23.2. The minimum Gasteiger partial charge on any atom is -0.497 e. The Hall–Kier alpha value is -5.28. The van der Waals surface area contributed by atoms with E-state index in [1.807, 2.05) is 43.9 Å². The van der Waals surface area contributed by atoms with E-state index in [0.29, 0.717) is 56.5 Å². The highest BCUT2D eigenvalue weighted by molar-refractivity contribution is 7.96. The highest BCUT2D eigenvalue weighted by Crippen LogP contribution is 2.35. The molecular weight excluding hydrogens is 909 g/mol. The van der Waals surface area contributed by atoms with Crippen LogP contribution in [0.1, 0.15) is 71.1 Å². The summed E-state index contributed by atoms with van der Waals surface area (Å²) in [5, 5.41) is 32.1. The predicted molar refractivity (Wildman–Crippen MR) is 259 cm³/mol. The third kappa shape index (κ3) is 16.3. The van der Waals surface area contributed by atoms with Crippen molar-refractivity contribution in [3.05, 3.63) is 139 Å². The van der Waals surface area contributed by atoms with Crippen molar-refractivity contribution in [3.63, 3.8) is 0 Å². The van der Waals surface area contributed by atoms with Gasteiger partial charge in [-0.25, -0.2) is 9.69 Å². The number of ketones is 1. The van der Waals surface area contributed by atoms with Gasteiger partial charge in [-0.15, -0.1) is 10.2 Å². The maximum atomic E-state index is 12.6. The molecule has 0 bridgehead atoms. The molecule has 3 N–H and O–H groups in total. The highest BCUT2D eigenvalue weighted by atomic mass is 35.5. The smallest absolute Gasteiger partial charge is 0.247 e. The number of aliphatic hydroxyl groups is 2. The Morgan fingerprint density at radius 3 is 1.74 bits per heavy atom. The number of halogens is 2. The number of rotatable bonds is 14. The molecule has 344 valence electrons. The van der Waals surface area contributed by atoms with Gasteiger partial charge in [0.25, 0.3) is 0 Å². The van der Waals surface area contributed by atoms with E-state index in [-0.39, 0.29) is 18.7 Å². The van der Waals surface area contributed by atoms with Crippen LogP contribution in [-0.4, -0.2) is 85.0 Å². The minimum atomic E-state index is -0.926. The van der Waals surface area contributed by atoms with E-state index in [4.69, 9.17) is 55.0 Å². The third-order valence-electron chi connectivity index (χ3n) is 10.3. The van der Waals surface area contributed by atoms with E-state index in [1.165, 1.54) is 26.9 Å². The monoisotopic (exact) mass is 961 g/mol. The van der Waals surface area contributed by atoms with Gasteiger partial charge in [0.05, 0.1) is 68.0 Å². The number of carbonyl (C=O) groups excluding carboxylic acids is 2. The highest BCUT2D eigenvalue weighted by Gasteiger charge is 2.27. The van der Waals surface area contributed by atoms with E-state index >= 15 is 0 Å². The minimum absolute atomic E-state index is 0.176. The summed E-state index contributed by atoms with van der Waals surface area (Å²) >= 11 is 16.8. The first-order chi connectivity index (χ1) is 31.1. The van der Waals surface area contributed by atoms with Gasteiger partial charge in [0.2, 0.25) is 29.1 Å². The first-order valence-corrected chi connectivity index (χ1v) is 23.6. The molecule has 1 saturated heterocycles. The summed E-state index contributed by atoms with van der Waals surface area (Å²) in [6.45, 7) is 24.9. The zero-order valence-electron chi connectivity index (χ0n) is 37.4. The molecule has 4 aromatic carbocycles. The summed E-state index contributed by atoms with van der Waals surface area (Å²) in [7, 11) is 4.14. The molecule has 6 rings (SSSR count). The number of ether oxygens (including phenoxy) is 3. The van der Waals surface area contributed by atoms with Crippen LogP contribution in [-0.2, 0) is 34.2 Å². The number of methoxy groups -OCH3 is 2. The number of benzene rings is 4. The van der Waals surface area contributed by atoms with Gasteiger partial charge in [-0.2, -0.15) is 0 Å². The molecule has 65 heavy (non-hydrogen) atoms. The van der Waals surface area contributed by atoms with E-state index in [0.717, 1.165) is 48.6 Å². The summed E-state index contributed by atoms with van der Waals surface area (Å²) in [5.41, 5.74) is 5.19. The van der Waals surface area contributed by atoms with Crippen molar-refractivity contribution in [1.29, 1.82) is 0 Å². The maximum Gasteiger partial charge on any atom is 0.247 e. The van der Waals surface area contributed by atoms with Crippen molar-refractivity contribution >= 4 is 65.4 Å². The zero-order chi connectivity index (χ0) is 48.1. The van der Waals surface area contributed by atoms with Gasteiger partial charge >= 0.3 is 0 Å². The van der Waals surface area contributed by atoms with Crippen LogP contribution < -0.4 is 14.8 Å². The Bertz CT molecular complexity index is 2410. The number of amides is 1. The lowest BCUT2D eigenvalue weighted by atomic mass is 9.91. The number of hydrogen-bond donors (Lipinski definition) is 3. The van der Waals surface area contributed by atoms with Crippen LogP contribution in [0.25, 0.3) is 21.1 Å². The van der Waals surface area contributed by atoms with Crippen LogP contribution in [0, 0.1) is 32.9 Å². The second kappa shape index (κ2) is 27.9. The number of aromatic nitrogens is 2. The van der Waals surface area contributed by atoms with Gasteiger partial charge in [-0.05, 0) is 138 Å². The van der Waals surface area contributed by atoms with Crippen LogP contribution in [0.3, 0.4) is 0 Å². The van der Waals surface area contributed by atoms with Gasteiger partial charge in [0, 0.05) is 24.3 Å². The van der Waals surface area contributed by atoms with Gasteiger partial charge in [0.15, 0.2) is 5.78 Å². The van der Waals surface area contributed by atoms with Gasteiger partial charge in [-0.3, -0.25) is 9.59 Å². The molecule has 5 aromatic rings. The third-order valence-corrected chi connectivity index (χ3v) is 11.3. The molecule has 1 amide bonds. The maximum absolute atomic E-state index is 12.6. The lowest BCUT2D eigenvalue weighted by Crippen LogP contribution is -2.40. The van der Waals surface area contributed by atoms with Gasteiger partial charge in [-0.1, -0.05) is 59.3 Å². The Morgan fingerprint density at radius 2 is 1.31 bits per heavy atom. The van der Waals surface area contributed by atoms with E-state index in [1.54, 1.807) is 63.4 Å². The fraction of sp³-hybridized carbons (Fsp3) is 0.375. The van der Waals surface area contributed by atoms with Crippen molar-refractivity contribution in [2.24, 2.45) is 5.92 Å². The second-order valence-corrected chi connectivity index (χ2v) is 17.0. The molecule has 0 radical (unpaired) electrons. The average molecular weight is 963 g/mol. The average Bonchev–Trinajstić information content (AvgIpc) is 4.07. The number of hydrogen-bond acceptors (Lipinski definition) is 11.